The van der Waals surface area contributed by atoms with Gasteiger partial charge in [-0.25, -0.2) is 4.79 Å². The van der Waals surface area contributed by atoms with E-state index in [0.717, 1.165) is 5.56 Å². The van der Waals surface area contributed by atoms with E-state index in [2.05, 4.69) is 42.2 Å². The van der Waals surface area contributed by atoms with Crippen molar-refractivity contribution in [2.45, 2.75) is 139 Å². The number of nitrogens with zero attached hydrogens (tertiary/aromatic N) is 2. The molecule has 414 valence electrons. The Kier molecular flexibility index (Phi) is 29.0. The highest BCUT2D eigenvalue weighted by Crippen LogP contribution is 2.21. The molecule has 1 saturated heterocycles. The van der Waals surface area contributed by atoms with Crippen molar-refractivity contribution in [1.29, 1.82) is 0 Å². The number of amides is 8. The summed E-state index contributed by atoms with van der Waals surface area (Å²) in [4.78, 5) is 126. The summed E-state index contributed by atoms with van der Waals surface area (Å²) < 4.78 is 0. The molecule has 1 heterocycles. The number of hydrogen-bond acceptors (Lipinski definition) is 16. The molecule has 0 aliphatic carbocycles. The lowest BCUT2D eigenvalue weighted by molar-refractivity contribution is -0.142. The van der Waals surface area contributed by atoms with Crippen LogP contribution < -0.4 is 77.4 Å². The fraction of sp³-hybridized carbons (Fsp3) is 0.617. The van der Waals surface area contributed by atoms with Crippen LogP contribution >= 0.6 is 0 Å². The highest BCUT2D eigenvalue weighted by Gasteiger charge is 2.40. The average Bonchev–Trinajstić information content (AvgIpc) is 3.87. The molecule has 27 heteroatoms. The Morgan fingerprint density at radius 2 is 1.42 bits per heavy atom. The van der Waals surface area contributed by atoms with Gasteiger partial charge in [0.2, 0.25) is 47.3 Å². The molecule has 0 bridgehead atoms. The van der Waals surface area contributed by atoms with Crippen LogP contribution in [-0.2, 0) is 49.6 Å². The first kappa shape index (κ1) is 63.3. The van der Waals surface area contributed by atoms with Gasteiger partial charge in [0.1, 0.15) is 41.9 Å². The van der Waals surface area contributed by atoms with E-state index < -0.39 is 120 Å². The largest absolute Gasteiger partial charge is 0.477 e. The first-order valence-corrected chi connectivity index (χ1v) is 24.9. The van der Waals surface area contributed by atoms with E-state index in [1.165, 1.54) is 17.9 Å². The van der Waals surface area contributed by atoms with E-state index in [1.807, 2.05) is 13.0 Å². The number of unbranched alkanes of at least 4 members (excludes halogenated alkanes) is 2. The summed E-state index contributed by atoms with van der Waals surface area (Å²) >= 11 is 0. The highest BCUT2D eigenvalue weighted by molar-refractivity contribution is 5.99. The number of carbonyl (C=O) groups is 9. The van der Waals surface area contributed by atoms with Gasteiger partial charge in [0, 0.05) is 26.1 Å². The lowest BCUT2D eigenvalue weighted by Crippen LogP contribution is -2.60. The second kappa shape index (κ2) is 33.9. The molecule has 1 aromatic rings. The Labute approximate surface area is 431 Å². The molecule has 0 saturated carbocycles. The molecule has 1 aromatic carbocycles. The van der Waals surface area contributed by atoms with E-state index in [4.69, 9.17) is 40.1 Å². The zero-order chi connectivity index (χ0) is 55.3. The number of carboxylic acids is 1. The number of carboxylic acid groups (broad SMARTS) is 1. The second-order valence-corrected chi connectivity index (χ2v) is 17.9. The van der Waals surface area contributed by atoms with Gasteiger partial charge in [-0.05, 0) is 109 Å². The summed E-state index contributed by atoms with van der Waals surface area (Å²) in [6.45, 7) is 3.05. The lowest BCUT2D eigenvalue weighted by atomic mass is 9.99. The second-order valence-electron chi connectivity index (χ2n) is 17.9. The average molecular weight is 1050 g/mol. The quantitative estimate of drug-likeness (QED) is 0.0132. The number of hydrogen-bond donors (Lipinski definition) is 16. The highest BCUT2D eigenvalue weighted by atomic mass is 16.4. The van der Waals surface area contributed by atoms with Crippen LogP contribution in [-0.4, -0.2) is 169 Å². The summed E-state index contributed by atoms with van der Waals surface area (Å²) in [6.07, 6.45) is 3.01. The van der Waals surface area contributed by atoms with Crippen molar-refractivity contribution in [3.8, 4) is 0 Å². The molecule has 27 nitrogen and oxygen atoms in total. The van der Waals surface area contributed by atoms with E-state index in [9.17, 15) is 53.4 Å². The van der Waals surface area contributed by atoms with E-state index in [-0.39, 0.29) is 77.1 Å². The third-order valence-electron chi connectivity index (χ3n) is 12.0. The minimum Gasteiger partial charge on any atom is -0.477 e. The topological polar surface area (TPSA) is 476 Å². The van der Waals surface area contributed by atoms with Gasteiger partial charge < -0.3 is 92.5 Å². The van der Waals surface area contributed by atoms with Gasteiger partial charge in [0.15, 0.2) is 5.96 Å². The van der Waals surface area contributed by atoms with Crippen molar-refractivity contribution in [3.63, 3.8) is 0 Å². The van der Waals surface area contributed by atoms with Crippen LogP contribution in [0, 0.1) is 6.92 Å². The third-order valence-corrected chi connectivity index (χ3v) is 12.0. The Hall–Kier alpha value is -6.78. The molecular formula is C47H80N16O11. The van der Waals surface area contributed by atoms with Gasteiger partial charge in [-0.2, -0.15) is 0 Å². The summed E-state index contributed by atoms with van der Waals surface area (Å²) in [5.74, 6) is -7.86. The van der Waals surface area contributed by atoms with Crippen molar-refractivity contribution < 1.29 is 53.4 Å². The molecule has 74 heavy (non-hydrogen) atoms. The molecule has 1 fully saturated rings. The number of benzene rings is 1. The van der Waals surface area contributed by atoms with Crippen molar-refractivity contribution in [2.24, 2.45) is 45.1 Å². The summed E-state index contributed by atoms with van der Waals surface area (Å²) in [5, 5.41) is 37.8. The minimum absolute atomic E-state index is 0.0339. The molecule has 8 amide bonds. The number of rotatable bonds is 34. The first-order chi connectivity index (χ1) is 35.2. The Morgan fingerprint density at radius 1 is 0.770 bits per heavy atom. The first-order valence-electron chi connectivity index (χ1n) is 24.9. The molecule has 2 unspecified atom stereocenters. The monoisotopic (exact) mass is 1040 g/mol. The van der Waals surface area contributed by atoms with Crippen LogP contribution in [0.2, 0.25) is 0 Å². The van der Waals surface area contributed by atoms with Crippen molar-refractivity contribution in [2.75, 3.05) is 45.8 Å². The number of aliphatic carboxylic acids is 1. The fourth-order valence-corrected chi connectivity index (χ4v) is 7.77. The Balaban J connectivity index is 2.26. The molecular weight excluding hydrogens is 965 g/mol. The van der Waals surface area contributed by atoms with Gasteiger partial charge in [0.05, 0.1) is 18.7 Å². The van der Waals surface area contributed by atoms with Crippen LogP contribution in [0.4, 0.5) is 0 Å². The standard InChI is InChI=1S/C47H80N16O11/c1-27-12-3-4-13-29(27)24-34(42(69)59-31(15-6-8-20-49)41(68)60-33(46(73)74)17-10-22-55-47(53)54)61-43(70)35-18-11-23-63(35)45(72)32(16-9-21-50)58-37(65)26-56-39(66)28(2)57-44(71)38(36(64)25-51)62-40(67)30(52)14-5-7-19-48/h3-4,12-13,17,28,30-32,34-36,38,64H,5-11,14-16,18-26,48-52H2,1-2H3,(H,56,66)(H,57,71)(H,58,65)(H,59,69)(H,60,68)(H,61,70)(H,62,67)(H,73,74)(H4,53,54,55)/b33-17-/t28-,30?,31-,32+,34-,35-,36?,38-/m0/s1. The van der Waals surface area contributed by atoms with E-state index in [0.29, 0.717) is 44.2 Å². The maximum atomic E-state index is 14.3. The number of guanidine groups is 1. The summed E-state index contributed by atoms with van der Waals surface area (Å²) in [6, 6.07) is -1.57. The molecule has 2 rings (SSSR count). The number of aryl methyl sites for hydroxylation is 1. The van der Waals surface area contributed by atoms with Crippen molar-refractivity contribution in [1.82, 2.24) is 42.1 Å². The summed E-state index contributed by atoms with van der Waals surface area (Å²) in [7, 11) is 0. The van der Waals surface area contributed by atoms with Crippen LogP contribution in [0.25, 0.3) is 0 Å². The van der Waals surface area contributed by atoms with Gasteiger partial charge >= 0.3 is 5.97 Å². The van der Waals surface area contributed by atoms with Crippen LogP contribution in [0.5, 0.6) is 0 Å². The van der Waals surface area contributed by atoms with Crippen LogP contribution in [0.15, 0.2) is 41.0 Å². The zero-order valence-corrected chi connectivity index (χ0v) is 42.4. The smallest absolute Gasteiger partial charge is 0.352 e. The SMILES string of the molecule is Cc1ccccc1C[C@H](NC(=O)[C@@H]1CCCN1C(=O)[C@@H](CCCN)NC(=O)CNC(=O)[C@H](C)NC(=O)[C@@H](NC(=O)C(N)CCCCN)C(O)CN)C(=O)N[C@@H](CCCCN)C(=O)N/C(=C\CCN=C(N)N)C(=O)O. The van der Waals surface area contributed by atoms with Gasteiger partial charge in [-0.1, -0.05) is 36.8 Å². The minimum atomic E-state index is -1.56. The molecule has 1 aliphatic heterocycles. The Bertz CT molecular complexity index is 2110. The van der Waals surface area contributed by atoms with Gasteiger partial charge in [-0.3, -0.25) is 43.3 Å². The number of nitrogens with two attached hydrogens (primary N) is 7. The summed E-state index contributed by atoms with van der Waals surface area (Å²) in [5.41, 5.74) is 40.2. The van der Waals surface area contributed by atoms with Crippen LogP contribution in [0.3, 0.4) is 0 Å². The van der Waals surface area contributed by atoms with Crippen LogP contribution in [0.1, 0.15) is 88.7 Å². The van der Waals surface area contributed by atoms with Crippen molar-refractivity contribution >= 4 is 59.2 Å². The number of likely N-dealkylation sites (tertiary alicyclic amines) is 1. The van der Waals surface area contributed by atoms with E-state index in [1.54, 1.807) is 18.2 Å². The predicted molar refractivity (Wildman–Crippen MR) is 274 cm³/mol. The van der Waals surface area contributed by atoms with Gasteiger partial charge in [-0.15, -0.1) is 0 Å². The van der Waals surface area contributed by atoms with Crippen molar-refractivity contribution in [3.05, 3.63) is 47.2 Å². The van der Waals surface area contributed by atoms with Gasteiger partial charge in [0.25, 0.3) is 0 Å². The number of aliphatic hydroxyl groups excluding tert-OH is 1. The number of carbonyl (C=O) groups excluding carboxylic acids is 8. The molecule has 23 N–H and O–H groups in total. The molecule has 0 radical (unpaired) electrons. The molecule has 8 atom stereocenters. The zero-order valence-electron chi connectivity index (χ0n) is 42.4. The normalized spacial score (nSPS) is 16.2. The predicted octanol–water partition coefficient (Wildman–Crippen LogP) is -5.52. The molecule has 1 aliphatic rings. The maximum Gasteiger partial charge on any atom is 0.352 e. The van der Waals surface area contributed by atoms with E-state index >= 15 is 0 Å². The third kappa shape index (κ3) is 22.1. The Morgan fingerprint density at radius 3 is 2.04 bits per heavy atom. The number of aliphatic hydroxyl groups is 1. The fourth-order valence-electron chi connectivity index (χ4n) is 7.77. The lowest BCUT2D eigenvalue weighted by Gasteiger charge is -2.30. The number of aliphatic imine (C=N–C) groups is 1. The number of nitrogens with one attached hydrogen (secondary N) is 7. The maximum absolute atomic E-state index is 14.3. The molecule has 0 spiro atoms. The molecule has 0 aromatic heterocycles.